The molecule has 1 N–H and O–H groups in total. The number of hydrogen-bond donors (Lipinski definition) is 1. The normalized spacial score (nSPS) is 10.7. The van der Waals surface area contributed by atoms with Crippen LogP contribution < -0.4 is 4.90 Å². The number of carboxylic acids is 1. The van der Waals surface area contributed by atoms with Gasteiger partial charge in [-0.3, -0.25) is 4.79 Å². The maximum atomic E-state index is 13.2. The van der Waals surface area contributed by atoms with Gasteiger partial charge in [-0.05, 0) is 49.2 Å². The number of carboxylic acid groups (broad SMARTS) is 1. The summed E-state index contributed by atoms with van der Waals surface area (Å²) < 4.78 is 13.2. The highest BCUT2D eigenvalue weighted by Crippen LogP contribution is 2.24. The smallest absolute Gasteiger partial charge is 0.303 e. The molecule has 1 aromatic heterocycles. The fourth-order valence-corrected chi connectivity index (χ4v) is 2.94. The molecule has 1 heterocycles. The van der Waals surface area contributed by atoms with Gasteiger partial charge in [0, 0.05) is 24.8 Å². The van der Waals surface area contributed by atoms with Crippen molar-refractivity contribution in [3.63, 3.8) is 0 Å². The number of unbranched alkanes of at least 4 members (excludes halogenated alkanes) is 6. The minimum absolute atomic E-state index is 0.238. The summed E-state index contributed by atoms with van der Waals surface area (Å²) in [6.45, 7) is 0.835. The van der Waals surface area contributed by atoms with Crippen LogP contribution >= 0.6 is 0 Å². The van der Waals surface area contributed by atoms with Crippen LogP contribution in [-0.4, -0.2) is 22.6 Å². The fraction of sp³-hybridized carbons (Fsp3) is 0.429. The number of pyridine rings is 1. The lowest BCUT2D eigenvalue weighted by atomic mass is 10.1. The topological polar surface area (TPSA) is 53.4 Å². The highest BCUT2D eigenvalue weighted by molar-refractivity contribution is 5.66. The molecule has 0 saturated carbocycles. The molecular formula is C21H27FN2O2. The molecule has 0 radical (unpaired) electrons. The molecule has 0 bridgehead atoms. The van der Waals surface area contributed by atoms with Gasteiger partial charge in [0.2, 0.25) is 0 Å². The van der Waals surface area contributed by atoms with Gasteiger partial charge < -0.3 is 10.0 Å². The van der Waals surface area contributed by atoms with Crippen molar-refractivity contribution in [2.75, 3.05) is 11.4 Å². The molecular weight excluding hydrogens is 331 g/mol. The average molecular weight is 358 g/mol. The number of rotatable bonds is 12. The molecule has 4 nitrogen and oxygen atoms in total. The molecule has 0 amide bonds. The first-order chi connectivity index (χ1) is 12.7. The van der Waals surface area contributed by atoms with Crippen LogP contribution in [0.3, 0.4) is 0 Å². The Morgan fingerprint density at radius 1 is 0.923 bits per heavy atom. The van der Waals surface area contributed by atoms with Crippen molar-refractivity contribution in [2.24, 2.45) is 0 Å². The van der Waals surface area contributed by atoms with Crippen molar-refractivity contribution in [3.8, 4) is 0 Å². The number of carbonyl (C=O) groups is 1. The minimum atomic E-state index is -0.708. The van der Waals surface area contributed by atoms with E-state index in [0.29, 0.717) is 0 Å². The quantitative estimate of drug-likeness (QED) is 0.504. The third-order valence-electron chi connectivity index (χ3n) is 4.34. The Morgan fingerprint density at radius 2 is 1.58 bits per heavy atom. The first-order valence-electron chi connectivity index (χ1n) is 9.33. The Bertz CT molecular complexity index is 647. The Balaban J connectivity index is 1.76. The minimum Gasteiger partial charge on any atom is -0.481 e. The van der Waals surface area contributed by atoms with Crippen LogP contribution in [0.4, 0.5) is 15.9 Å². The lowest BCUT2D eigenvalue weighted by Gasteiger charge is -2.24. The molecule has 0 spiro atoms. The molecule has 0 unspecified atom stereocenters. The summed E-state index contributed by atoms with van der Waals surface area (Å²) >= 11 is 0. The number of aliphatic carboxylic acids is 1. The van der Waals surface area contributed by atoms with Crippen LogP contribution in [-0.2, 0) is 4.79 Å². The summed E-state index contributed by atoms with van der Waals surface area (Å²) in [7, 11) is 0. The van der Waals surface area contributed by atoms with Crippen LogP contribution in [0.15, 0.2) is 48.7 Å². The Hall–Kier alpha value is -2.43. The van der Waals surface area contributed by atoms with Gasteiger partial charge in [0.25, 0.3) is 0 Å². The van der Waals surface area contributed by atoms with Gasteiger partial charge in [0.15, 0.2) is 0 Å². The number of halogens is 1. The van der Waals surface area contributed by atoms with E-state index in [9.17, 15) is 9.18 Å². The van der Waals surface area contributed by atoms with Gasteiger partial charge in [0.1, 0.15) is 11.6 Å². The Labute approximate surface area is 154 Å². The van der Waals surface area contributed by atoms with E-state index in [2.05, 4.69) is 9.88 Å². The van der Waals surface area contributed by atoms with Crippen LogP contribution in [0.2, 0.25) is 0 Å². The molecule has 0 aliphatic heterocycles. The summed E-state index contributed by atoms with van der Waals surface area (Å²) in [6, 6.07) is 12.3. The third-order valence-corrected chi connectivity index (χ3v) is 4.34. The van der Waals surface area contributed by atoms with E-state index in [4.69, 9.17) is 5.11 Å². The SMILES string of the molecule is O=C(O)CCCCCCCCCN(c1ccc(F)cc1)c1ccccn1. The number of aromatic nitrogens is 1. The van der Waals surface area contributed by atoms with E-state index in [0.717, 1.165) is 63.0 Å². The Morgan fingerprint density at radius 3 is 2.19 bits per heavy atom. The molecule has 1 aromatic carbocycles. The second-order valence-corrected chi connectivity index (χ2v) is 6.43. The lowest BCUT2D eigenvalue weighted by molar-refractivity contribution is -0.137. The van der Waals surface area contributed by atoms with E-state index >= 15 is 0 Å². The molecule has 0 aliphatic rings. The summed E-state index contributed by atoms with van der Waals surface area (Å²) in [4.78, 5) is 17.0. The van der Waals surface area contributed by atoms with E-state index in [1.54, 1.807) is 18.3 Å². The van der Waals surface area contributed by atoms with Crippen LogP contribution in [0.1, 0.15) is 51.4 Å². The van der Waals surface area contributed by atoms with Crippen LogP contribution in [0.5, 0.6) is 0 Å². The van der Waals surface area contributed by atoms with Crippen molar-refractivity contribution in [3.05, 3.63) is 54.5 Å². The first-order valence-corrected chi connectivity index (χ1v) is 9.33. The number of nitrogens with zero attached hydrogens (tertiary/aromatic N) is 2. The molecule has 5 heteroatoms. The van der Waals surface area contributed by atoms with Crippen molar-refractivity contribution in [1.82, 2.24) is 4.98 Å². The predicted octanol–water partition coefficient (Wildman–Crippen LogP) is 5.56. The standard InChI is InChI=1S/C21H27FN2O2/c22-18-12-14-19(15-13-18)24(20-10-7-8-16-23-20)17-9-5-3-1-2-4-6-11-21(25)26/h7-8,10,12-16H,1-6,9,11,17H2,(H,25,26). The van der Waals surface area contributed by atoms with Gasteiger partial charge in [-0.15, -0.1) is 0 Å². The Kier molecular flexibility index (Phi) is 8.60. The molecule has 0 aliphatic carbocycles. The second kappa shape index (κ2) is 11.2. The zero-order chi connectivity index (χ0) is 18.6. The monoisotopic (exact) mass is 358 g/mol. The van der Waals surface area contributed by atoms with Gasteiger partial charge in [-0.25, -0.2) is 9.37 Å². The van der Waals surface area contributed by atoms with E-state index < -0.39 is 5.97 Å². The predicted molar refractivity (Wildman–Crippen MR) is 102 cm³/mol. The summed E-state index contributed by atoms with van der Waals surface area (Å²) in [5.74, 6) is -0.0780. The van der Waals surface area contributed by atoms with E-state index in [-0.39, 0.29) is 12.2 Å². The van der Waals surface area contributed by atoms with Crippen LogP contribution in [0, 0.1) is 5.82 Å². The number of benzene rings is 1. The molecule has 2 rings (SSSR count). The van der Waals surface area contributed by atoms with E-state index in [1.807, 2.05) is 18.2 Å². The van der Waals surface area contributed by atoms with Gasteiger partial charge >= 0.3 is 5.97 Å². The fourth-order valence-electron chi connectivity index (χ4n) is 2.94. The maximum Gasteiger partial charge on any atom is 0.303 e. The van der Waals surface area contributed by atoms with Gasteiger partial charge in [-0.2, -0.15) is 0 Å². The number of hydrogen-bond acceptors (Lipinski definition) is 3. The highest BCUT2D eigenvalue weighted by Gasteiger charge is 2.10. The van der Waals surface area contributed by atoms with Gasteiger partial charge in [0.05, 0.1) is 0 Å². The first kappa shape index (κ1) is 19.9. The van der Waals surface area contributed by atoms with E-state index in [1.165, 1.54) is 12.1 Å². The molecule has 0 fully saturated rings. The molecule has 2 aromatic rings. The zero-order valence-corrected chi connectivity index (χ0v) is 15.1. The van der Waals surface area contributed by atoms with Crippen LogP contribution in [0.25, 0.3) is 0 Å². The van der Waals surface area contributed by atoms with Crippen molar-refractivity contribution < 1.29 is 14.3 Å². The van der Waals surface area contributed by atoms with Crippen molar-refractivity contribution in [2.45, 2.75) is 51.4 Å². The van der Waals surface area contributed by atoms with Gasteiger partial charge in [-0.1, -0.05) is 38.2 Å². The van der Waals surface area contributed by atoms with Crippen molar-refractivity contribution >= 4 is 17.5 Å². The molecule has 140 valence electrons. The molecule has 0 saturated heterocycles. The average Bonchev–Trinajstić information content (AvgIpc) is 2.65. The highest BCUT2D eigenvalue weighted by atomic mass is 19.1. The molecule has 26 heavy (non-hydrogen) atoms. The lowest BCUT2D eigenvalue weighted by Crippen LogP contribution is -2.19. The summed E-state index contributed by atoms with van der Waals surface area (Å²) in [6.07, 6.45) is 9.32. The maximum absolute atomic E-state index is 13.2. The van der Waals surface area contributed by atoms with Crippen molar-refractivity contribution in [1.29, 1.82) is 0 Å². The summed E-state index contributed by atoms with van der Waals surface area (Å²) in [5.41, 5.74) is 0.943. The second-order valence-electron chi connectivity index (χ2n) is 6.43. The molecule has 0 atom stereocenters. The summed E-state index contributed by atoms with van der Waals surface area (Å²) in [5, 5.41) is 8.61. The number of anilines is 2. The zero-order valence-electron chi connectivity index (χ0n) is 15.1. The largest absolute Gasteiger partial charge is 0.481 e. The third kappa shape index (κ3) is 7.21.